The zero-order chi connectivity index (χ0) is 14.1. The van der Waals surface area contributed by atoms with Gasteiger partial charge in [0, 0.05) is 17.5 Å². The third-order valence-corrected chi connectivity index (χ3v) is 5.53. The number of hydrogen-bond acceptors (Lipinski definition) is 3. The van der Waals surface area contributed by atoms with Crippen LogP contribution in [-0.2, 0) is 0 Å². The summed E-state index contributed by atoms with van der Waals surface area (Å²) in [6.45, 7) is 2.00. The van der Waals surface area contributed by atoms with Gasteiger partial charge >= 0.3 is 0 Å². The second-order valence-electron chi connectivity index (χ2n) is 5.45. The Kier molecular flexibility index (Phi) is 4.22. The van der Waals surface area contributed by atoms with E-state index in [9.17, 15) is 0 Å². The first-order valence-corrected chi connectivity index (χ1v) is 8.93. The lowest BCUT2D eigenvalue weighted by atomic mass is 9.94. The number of pyridine rings is 1. The quantitative estimate of drug-likeness (QED) is 0.778. The summed E-state index contributed by atoms with van der Waals surface area (Å²) in [5, 5.41) is 0.579. The molecule has 0 N–H and O–H groups in total. The van der Waals surface area contributed by atoms with E-state index in [1.807, 2.05) is 31.1 Å². The number of imidazole rings is 1. The topological polar surface area (TPSA) is 30.7 Å². The molecule has 2 aromatic heterocycles. The van der Waals surface area contributed by atoms with E-state index in [2.05, 4.69) is 21.9 Å². The molecule has 1 fully saturated rings. The Labute approximate surface area is 129 Å². The fourth-order valence-electron chi connectivity index (χ4n) is 3.25. The van der Waals surface area contributed by atoms with E-state index >= 15 is 0 Å². The molecule has 0 saturated heterocycles. The summed E-state index contributed by atoms with van der Waals surface area (Å²) < 4.78 is 2.38. The van der Waals surface area contributed by atoms with Crippen molar-refractivity contribution in [2.75, 3.05) is 6.26 Å². The number of aromatic nitrogens is 3. The number of hydrogen-bond donors (Lipinski definition) is 0. The van der Waals surface area contributed by atoms with E-state index in [-0.39, 0.29) is 5.38 Å². The van der Waals surface area contributed by atoms with Crippen molar-refractivity contribution in [1.82, 2.24) is 14.5 Å². The smallest absolute Gasteiger partial charge is 0.128 e. The number of alkyl halides is 1. The third-order valence-electron chi connectivity index (χ3n) is 4.18. The molecule has 3 nitrogen and oxygen atoms in total. The second kappa shape index (κ2) is 5.94. The molecule has 5 heteroatoms. The van der Waals surface area contributed by atoms with Crippen molar-refractivity contribution in [3.8, 4) is 0 Å². The molecule has 108 valence electrons. The van der Waals surface area contributed by atoms with Crippen LogP contribution >= 0.6 is 23.4 Å². The molecule has 1 aliphatic rings. The maximum absolute atomic E-state index is 6.38. The lowest BCUT2D eigenvalue weighted by Gasteiger charge is -2.33. The minimum Gasteiger partial charge on any atom is -0.322 e. The predicted molar refractivity (Wildman–Crippen MR) is 86.6 cm³/mol. The van der Waals surface area contributed by atoms with E-state index in [0.29, 0.717) is 11.3 Å². The summed E-state index contributed by atoms with van der Waals surface area (Å²) in [5.41, 5.74) is 2.13. The van der Waals surface area contributed by atoms with Gasteiger partial charge in [0.2, 0.25) is 0 Å². The molecule has 20 heavy (non-hydrogen) atoms. The first kappa shape index (κ1) is 14.2. The maximum Gasteiger partial charge on any atom is 0.128 e. The van der Waals surface area contributed by atoms with Crippen LogP contribution in [0.1, 0.15) is 49.9 Å². The predicted octanol–water partition coefficient (Wildman–Crippen LogP) is 4.58. The van der Waals surface area contributed by atoms with Gasteiger partial charge in [0.05, 0.1) is 17.1 Å². The van der Waals surface area contributed by atoms with Crippen molar-refractivity contribution in [2.45, 2.75) is 49.3 Å². The number of nitrogens with zero attached hydrogens (tertiary/aromatic N) is 3. The van der Waals surface area contributed by atoms with Gasteiger partial charge in [0.15, 0.2) is 0 Å². The SMILES string of the molecule is CSC1CCCCC1n1c(C(C)Cl)nc2cnccc21. The Morgan fingerprint density at radius 1 is 1.40 bits per heavy atom. The van der Waals surface area contributed by atoms with Crippen LogP contribution in [-0.4, -0.2) is 26.0 Å². The van der Waals surface area contributed by atoms with E-state index in [1.54, 1.807) is 0 Å². The Bertz CT molecular complexity index is 596. The van der Waals surface area contributed by atoms with Crippen LogP contribution in [0.25, 0.3) is 11.0 Å². The van der Waals surface area contributed by atoms with E-state index in [1.165, 1.54) is 31.2 Å². The van der Waals surface area contributed by atoms with Crippen LogP contribution in [0, 0.1) is 0 Å². The zero-order valence-corrected chi connectivity index (χ0v) is 13.5. The van der Waals surface area contributed by atoms with Gasteiger partial charge in [-0.15, -0.1) is 11.6 Å². The molecule has 2 aromatic rings. The highest BCUT2D eigenvalue weighted by Gasteiger charge is 2.30. The molecule has 1 saturated carbocycles. The minimum atomic E-state index is -0.0770. The van der Waals surface area contributed by atoms with Gasteiger partial charge in [-0.25, -0.2) is 4.98 Å². The summed E-state index contributed by atoms with van der Waals surface area (Å²) in [6, 6.07) is 2.57. The fourth-order valence-corrected chi connectivity index (χ4v) is 4.37. The maximum atomic E-state index is 6.38. The zero-order valence-electron chi connectivity index (χ0n) is 11.9. The standard InChI is InChI=1S/C15H20ClN3S/c1-10(16)15-18-11-9-17-8-7-12(11)19(15)13-5-3-4-6-14(13)20-2/h7-10,13-14H,3-6H2,1-2H3. The number of fused-ring (bicyclic) bond motifs is 1. The number of halogens is 1. The normalized spacial score (nSPS) is 24.9. The molecule has 3 atom stereocenters. The van der Waals surface area contributed by atoms with Gasteiger partial charge in [0.25, 0.3) is 0 Å². The Morgan fingerprint density at radius 3 is 2.95 bits per heavy atom. The van der Waals surface area contributed by atoms with Gasteiger partial charge in [0.1, 0.15) is 11.3 Å². The van der Waals surface area contributed by atoms with Crippen LogP contribution < -0.4 is 0 Å². The van der Waals surface area contributed by atoms with Crippen LogP contribution in [0.2, 0.25) is 0 Å². The van der Waals surface area contributed by atoms with Crippen LogP contribution in [0.15, 0.2) is 18.5 Å². The Hall–Kier alpha value is -0.740. The highest BCUT2D eigenvalue weighted by Crippen LogP contribution is 2.39. The number of rotatable bonds is 3. The van der Waals surface area contributed by atoms with E-state index in [4.69, 9.17) is 16.6 Å². The minimum absolute atomic E-state index is 0.0770. The van der Waals surface area contributed by atoms with Gasteiger partial charge in [-0.2, -0.15) is 11.8 Å². The van der Waals surface area contributed by atoms with Gasteiger partial charge in [-0.3, -0.25) is 4.98 Å². The molecule has 2 heterocycles. The van der Waals surface area contributed by atoms with Crippen LogP contribution in [0.4, 0.5) is 0 Å². The van der Waals surface area contributed by atoms with Gasteiger partial charge < -0.3 is 4.57 Å². The van der Waals surface area contributed by atoms with Crippen molar-refractivity contribution in [1.29, 1.82) is 0 Å². The summed E-state index contributed by atoms with van der Waals surface area (Å²) in [6.07, 6.45) is 11.0. The lowest BCUT2D eigenvalue weighted by molar-refractivity contribution is 0.363. The monoisotopic (exact) mass is 309 g/mol. The van der Waals surface area contributed by atoms with Crippen LogP contribution in [0.5, 0.6) is 0 Å². The average Bonchev–Trinajstić information content (AvgIpc) is 2.86. The molecule has 3 rings (SSSR count). The molecule has 0 aromatic carbocycles. The van der Waals surface area contributed by atoms with Crippen molar-refractivity contribution in [3.05, 3.63) is 24.3 Å². The van der Waals surface area contributed by atoms with E-state index < -0.39 is 0 Å². The average molecular weight is 310 g/mol. The van der Waals surface area contributed by atoms with Crippen LogP contribution in [0.3, 0.4) is 0 Å². The van der Waals surface area contributed by atoms with Crippen molar-refractivity contribution < 1.29 is 0 Å². The Balaban J connectivity index is 2.14. The molecule has 0 aliphatic heterocycles. The first-order valence-electron chi connectivity index (χ1n) is 7.21. The highest BCUT2D eigenvalue weighted by molar-refractivity contribution is 7.99. The highest BCUT2D eigenvalue weighted by atomic mass is 35.5. The molecule has 0 radical (unpaired) electrons. The van der Waals surface area contributed by atoms with Crippen molar-refractivity contribution >= 4 is 34.4 Å². The summed E-state index contributed by atoms with van der Waals surface area (Å²) in [7, 11) is 0. The largest absolute Gasteiger partial charge is 0.322 e. The van der Waals surface area contributed by atoms with Gasteiger partial charge in [-0.1, -0.05) is 12.8 Å². The van der Waals surface area contributed by atoms with Crippen molar-refractivity contribution in [3.63, 3.8) is 0 Å². The second-order valence-corrected chi connectivity index (χ2v) is 7.18. The molecule has 1 aliphatic carbocycles. The van der Waals surface area contributed by atoms with Crippen molar-refractivity contribution in [2.24, 2.45) is 0 Å². The molecular formula is C15H20ClN3S. The fraction of sp³-hybridized carbons (Fsp3) is 0.600. The van der Waals surface area contributed by atoms with E-state index in [0.717, 1.165) is 11.3 Å². The molecule has 0 bridgehead atoms. The lowest BCUT2D eigenvalue weighted by Crippen LogP contribution is -2.26. The molecule has 3 unspecified atom stereocenters. The molecule has 0 amide bonds. The molecular weight excluding hydrogens is 290 g/mol. The summed E-state index contributed by atoms with van der Waals surface area (Å²) in [4.78, 5) is 8.90. The molecule has 0 spiro atoms. The number of thioether (sulfide) groups is 1. The Morgan fingerprint density at radius 2 is 2.20 bits per heavy atom. The first-order chi connectivity index (χ1) is 9.72. The summed E-state index contributed by atoms with van der Waals surface area (Å²) in [5.74, 6) is 0.987. The van der Waals surface area contributed by atoms with Gasteiger partial charge in [-0.05, 0) is 32.1 Å². The third kappa shape index (κ3) is 2.44. The summed E-state index contributed by atoms with van der Waals surface area (Å²) >= 11 is 8.35.